The molecule has 7 heteroatoms. The Balaban J connectivity index is 1.91. The number of hydrogen-bond donors (Lipinski definition) is 2. The second-order valence-corrected chi connectivity index (χ2v) is 6.51. The molecule has 1 amide bonds. The van der Waals surface area contributed by atoms with Gasteiger partial charge in [0.2, 0.25) is 5.91 Å². The number of rotatable bonds is 6. The van der Waals surface area contributed by atoms with Gasteiger partial charge in [0.25, 0.3) is 0 Å². The van der Waals surface area contributed by atoms with Crippen LogP contribution in [0, 0.1) is 0 Å². The highest BCUT2D eigenvalue weighted by molar-refractivity contribution is 7.91. The van der Waals surface area contributed by atoms with E-state index in [0.29, 0.717) is 11.5 Å². The largest absolute Gasteiger partial charge is 0.464 e. The van der Waals surface area contributed by atoms with Crippen LogP contribution in [0.2, 0.25) is 0 Å². The molecule has 0 aromatic carbocycles. The fourth-order valence-electron chi connectivity index (χ4n) is 1.57. The quantitative estimate of drug-likeness (QED) is 0.754. The second-order valence-electron chi connectivity index (χ2n) is 4.45. The Hall–Kier alpha value is -1.34. The monoisotopic (exact) mass is 272 g/mol. The Morgan fingerprint density at radius 1 is 1.39 bits per heavy atom. The van der Waals surface area contributed by atoms with Gasteiger partial charge in [0, 0.05) is 6.04 Å². The van der Waals surface area contributed by atoms with Crippen molar-refractivity contribution in [3.8, 4) is 0 Å². The standard InChI is InChI=1S/C11H16N2O4S/c12-5-9-3-4-10(17-9)6-18(15,16)7-11(14)13-8-1-2-8/h3-4,8H,1-2,5-7,12H2,(H,13,14). The lowest BCUT2D eigenvalue weighted by molar-refractivity contribution is -0.118. The van der Waals surface area contributed by atoms with E-state index in [4.69, 9.17) is 10.2 Å². The normalized spacial score (nSPS) is 15.6. The minimum Gasteiger partial charge on any atom is -0.464 e. The van der Waals surface area contributed by atoms with Gasteiger partial charge in [-0.15, -0.1) is 0 Å². The van der Waals surface area contributed by atoms with E-state index < -0.39 is 21.5 Å². The first kappa shape index (κ1) is 13.1. The molecule has 1 aliphatic rings. The van der Waals surface area contributed by atoms with E-state index >= 15 is 0 Å². The molecule has 100 valence electrons. The molecule has 2 rings (SSSR count). The molecule has 1 aromatic heterocycles. The summed E-state index contributed by atoms with van der Waals surface area (Å²) in [6, 6.07) is 3.37. The van der Waals surface area contributed by atoms with Crippen molar-refractivity contribution in [3.05, 3.63) is 23.7 Å². The van der Waals surface area contributed by atoms with E-state index in [2.05, 4.69) is 5.32 Å². The zero-order chi connectivity index (χ0) is 13.2. The fourth-order valence-corrected chi connectivity index (χ4v) is 2.75. The van der Waals surface area contributed by atoms with Gasteiger partial charge in [-0.1, -0.05) is 0 Å². The van der Waals surface area contributed by atoms with Gasteiger partial charge >= 0.3 is 0 Å². The zero-order valence-electron chi connectivity index (χ0n) is 9.89. The van der Waals surface area contributed by atoms with Gasteiger partial charge in [-0.05, 0) is 25.0 Å². The number of sulfone groups is 1. The number of carbonyl (C=O) groups excluding carboxylic acids is 1. The van der Waals surface area contributed by atoms with Crippen LogP contribution in [0.5, 0.6) is 0 Å². The summed E-state index contributed by atoms with van der Waals surface area (Å²) in [4.78, 5) is 11.4. The predicted octanol–water partition coefficient (Wildman–Crippen LogP) is -0.0683. The summed E-state index contributed by atoms with van der Waals surface area (Å²) in [5.74, 6) is -0.367. The molecule has 1 aliphatic carbocycles. The highest BCUT2D eigenvalue weighted by atomic mass is 32.2. The van der Waals surface area contributed by atoms with Crippen LogP contribution in [0.3, 0.4) is 0 Å². The van der Waals surface area contributed by atoms with Gasteiger partial charge in [0.15, 0.2) is 9.84 Å². The number of amides is 1. The Morgan fingerprint density at radius 3 is 2.61 bits per heavy atom. The Kier molecular flexibility index (Phi) is 3.72. The summed E-state index contributed by atoms with van der Waals surface area (Å²) in [6.45, 7) is 0.224. The Morgan fingerprint density at radius 2 is 2.06 bits per heavy atom. The molecule has 0 unspecified atom stereocenters. The van der Waals surface area contributed by atoms with Crippen LogP contribution in [-0.2, 0) is 26.9 Å². The smallest absolute Gasteiger partial charge is 0.235 e. The van der Waals surface area contributed by atoms with Crippen LogP contribution in [0.15, 0.2) is 16.5 Å². The van der Waals surface area contributed by atoms with Crippen LogP contribution >= 0.6 is 0 Å². The summed E-state index contributed by atoms with van der Waals surface area (Å²) in [5.41, 5.74) is 5.36. The molecule has 1 aromatic rings. The minimum atomic E-state index is -3.49. The molecule has 0 bridgehead atoms. The molecular formula is C11H16N2O4S. The number of carbonyl (C=O) groups is 1. The van der Waals surface area contributed by atoms with Gasteiger partial charge in [-0.2, -0.15) is 0 Å². The van der Waals surface area contributed by atoms with Gasteiger partial charge in [0.05, 0.1) is 6.54 Å². The third kappa shape index (κ3) is 3.85. The van der Waals surface area contributed by atoms with Crippen molar-refractivity contribution in [3.63, 3.8) is 0 Å². The molecule has 0 atom stereocenters. The second kappa shape index (κ2) is 5.11. The summed E-state index contributed by atoms with van der Waals surface area (Å²) >= 11 is 0. The Bertz CT molecular complexity index is 531. The molecular weight excluding hydrogens is 256 g/mol. The fraction of sp³-hybridized carbons (Fsp3) is 0.545. The van der Waals surface area contributed by atoms with E-state index in [1.54, 1.807) is 12.1 Å². The van der Waals surface area contributed by atoms with E-state index in [1.807, 2.05) is 0 Å². The summed E-state index contributed by atoms with van der Waals surface area (Å²) < 4.78 is 28.7. The lowest BCUT2D eigenvalue weighted by Crippen LogP contribution is -2.32. The van der Waals surface area contributed by atoms with E-state index in [-0.39, 0.29) is 18.3 Å². The van der Waals surface area contributed by atoms with Crippen LogP contribution in [0.1, 0.15) is 24.4 Å². The van der Waals surface area contributed by atoms with E-state index in [0.717, 1.165) is 12.8 Å². The number of nitrogens with one attached hydrogen (secondary N) is 1. The Labute approximate surface area is 105 Å². The molecule has 1 saturated carbocycles. The van der Waals surface area contributed by atoms with Crippen LogP contribution in [0.25, 0.3) is 0 Å². The topological polar surface area (TPSA) is 102 Å². The number of furan rings is 1. The van der Waals surface area contributed by atoms with Crippen LogP contribution < -0.4 is 11.1 Å². The lowest BCUT2D eigenvalue weighted by atomic mass is 10.4. The molecule has 1 fully saturated rings. The SMILES string of the molecule is NCc1ccc(CS(=O)(=O)CC(=O)NC2CC2)o1. The minimum absolute atomic E-state index is 0.167. The molecule has 0 radical (unpaired) electrons. The maximum atomic E-state index is 11.8. The molecule has 6 nitrogen and oxygen atoms in total. The summed E-state index contributed by atoms with van der Waals surface area (Å²) in [5, 5.41) is 2.64. The summed E-state index contributed by atoms with van der Waals surface area (Å²) in [7, 11) is -3.49. The summed E-state index contributed by atoms with van der Waals surface area (Å²) in [6.07, 6.45) is 1.87. The zero-order valence-corrected chi connectivity index (χ0v) is 10.7. The highest BCUT2D eigenvalue weighted by Crippen LogP contribution is 2.18. The maximum absolute atomic E-state index is 11.8. The average molecular weight is 272 g/mol. The third-order valence-electron chi connectivity index (χ3n) is 2.57. The van der Waals surface area contributed by atoms with Crippen LogP contribution in [0.4, 0.5) is 0 Å². The predicted molar refractivity (Wildman–Crippen MR) is 65.3 cm³/mol. The molecule has 18 heavy (non-hydrogen) atoms. The molecule has 3 N–H and O–H groups in total. The van der Waals surface area contributed by atoms with Gasteiger partial charge in [0.1, 0.15) is 23.0 Å². The molecule has 0 saturated heterocycles. The van der Waals surface area contributed by atoms with Crippen LogP contribution in [-0.4, -0.2) is 26.1 Å². The van der Waals surface area contributed by atoms with E-state index in [9.17, 15) is 13.2 Å². The first-order valence-corrected chi connectivity index (χ1v) is 7.58. The van der Waals surface area contributed by atoms with Crippen molar-refractivity contribution in [1.82, 2.24) is 5.32 Å². The first-order chi connectivity index (χ1) is 8.48. The maximum Gasteiger partial charge on any atom is 0.235 e. The third-order valence-corrected chi connectivity index (χ3v) is 4.00. The van der Waals surface area contributed by atoms with Gasteiger partial charge < -0.3 is 15.5 Å². The molecule has 0 aliphatic heterocycles. The van der Waals surface area contributed by atoms with Crippen molar-refractivity contribution >= 4 is 15.7 Å². The average Bonchev–Trinajstić information content (AvgIpc) is 2.94. The lowest BCUT2D eigenvalue weighted by Gasteiger charge is -2.03. The van der Waals surface area contributed by atoms with Gasteiger partial charge in [-0.3, -0.25) is 4.79 Å². The van der Waals surface area contributed by atoms with Gasteiger partial charge in [-0.25, -0.2) is 8.42 Å². The first-order valence-electron chi connectivity index (χ1n) is 5.76. The van der Waals surface area contributed by atoms with E-state index in [1.165, 1.54) is 0 Å². The van der Waals surface area contributed by atoms with Crippen molar-refractivity contribution in [2.45, 2.75) is 31.2 Å². The molecule has 0 spiro atoms. The highest BCUT2D eigenvalue weighted by Gasteiger charge is 2.26. The number of hydrogen-bond acceptors (Lipinski definition) is 5. The van der Waals surface area contributed by atoms with Crippen molar-refractivity contribution in [2.75, 3.05) is 5.75 Å². The molecule has 1 heterocycles. The van der Waals surface area contributed by atoms with Crippen molar-refractivity contribution in [2.24, 2.45) is 5.73 Å². The van der Waals surface area contributed by atoms with Crippen molar-refractivity contribution in [1.29, 1.82) is 0 Å². The van der Waals surface area contributed by atoms with Crippen molar-refractivity contribution < 1.29 is 17.6 Å². The number of nitrogens with two attached hydrogens (primary N) is 1.